The summed E-state index contributed by atoms with van der Waals surface area (Å²) in [5.41, 5.74) is 1.96. The molecule has 1 amide bonds. The number of benzene rings is 2. The first-order chi connectivity index (χ1) is 16.0. The molecule has 2 saturated heterocycles. The van der Waals surface area contributed by atoms with Crippen LogP contribution in [0.5, 0.6) is 5.75 Å². The summed E-state index contributed by atoms with van der Waals surface area (Å²) in [6, 6.07) is 12.1. The number of hydrogen-bond acceptors (Lipinski definition) is 6. The summed E-state index contributed by atoms with van der Waals surface area (Å²) in [7, 11) is -2.27. The molecular formula is C24H31N3O5S. The number of methoxy groups -OCH3 is 1. The van der Waals surface area contributed by atoms with Crippen LogP contribution in [0.4, 0.5) is 11.4 Å². The molecule has 8 nitrogen and oxygen atoms in total. The molecule has 2 fully saturated rings. The summed E-state index contributed by atoms with van der Waals surface area (Å²) >= 11 is 0. The Bertz CT molecular complexity index is 1060. The Morgan fingerprint density at radius 3 is 2.24 bits per heavy atom. The quantitative estimate of drug-likeness (QED) is 0.692. The van der Waals surface area contributed by atoms with E-state index in [9.17, 15) is 13.2 Å². The number of nitrogens with one attached hydrogen (secondary N) is 1. The van der Waals surface area contributed by atoms with Gasteiger partial charge in [0.25, 0.3) is 5.91 Å². The van der Waals surface area contributed by atoms with Gasteiger partial charge in [-0.2, -0.15) is 4.31 Å². The van der Waals surface area contributed by atoms with Crippen molar-refractivity contribution >= 4 is 27.3 Å². The minimum atomic E-state index is -3.72. The maximum absolute atomic E-state index is 13.1. The molecule has 0 unspecified atom stereocenters. The molecule has 2 aromatic carbocycles. The second kappa shape index (κ2) is 10.5. The molecule has 0 aliphatic carbocycles. The Kier molecular flexibility index (Phi) is 7.52. The summed E-state index contributed by atoms with van der Waals surface area (Å²) in [5, 5.41) is 2.87. The predicted molar refractivity (Wildman–Crippen MR) is 128 cm³/mol. The van der Waals surface area contributed by atoms with Crippen molar-refractivity contribution < 1.29 is 22.7 Å². The maximum Gasteiger partial charge on any atom is 0.259 e. The molecule has 4 rings (SSSR count). The highest BCUT2D eigenvalue weighted by Crippen LogP contribution is 2.27. The SMILES string of the molecule is COc1ccc(S(=O)(=O)N2CCOCC2)cc1C(=O)Nc1ccc(N2CCCCCC2)cc1. The number of carbonyl (C=O) groups excluding carboxylic acids is 1. The lowest BCUT2D eigenvalue weighted by molar-refractivity contribution is 0.0730. The molecule has 0 spiro atoms. The van der Waals surface area contributed by atoms with E-state index in [1.54, 1.807) is 0 Å². The van der Waals surface area contributed by atoms with E-state index in [-0.39, 0.29) is 10.5 Å². The van der Waals surface area contributed by atoms with Gasteiger partial charge in [0.05, 0.1) is 30.8 Å². The monoisotopic (exact) mass is 473 g/mol. The van der Waals surface area contributed by atoms with Crippen LogP contribution < -0.4 is 15.0 Å². The molecule has 1 N–H and O–H groups in total. The predicted octanol–water partition coefficient (Wildman–Crippen LogP) is 3.35. The van der Waals surface area contributed by atoms with E-state index in [0.29, 0.717) is 37.7 Å². The fourth-order valence-electron chi connectivity index (χ4n) is 4.24. The molecular weight excluding hydrogens is 442 g/mol. The number of nitrogens with zero attached hydrogens (tertiary/aromatic N) is 2. The van der Waals surface area contributed by atoms with Gasteiger partial charge < -0.3 is 19.7 Å². The van der Waals surface area contributed by atoms with Crippen LogP contribution >= 0.6 is 0 Å². The topological polar surface area (TPSA) is 88.2 Å². The van der Waals surface area contributed by atoms with Crippen LogP contribution in [0.15, 0.2) is 47.4 Å². The number of hydrogen-bond donors (Lipinski definition) is 1. The van der Waals surface area contributed by atoms with Crippen LogP contribution in [0.3, 0.4) is 0 Å². The zero-order valence-corrected chi connectivity index (χ0v) is 19.8. The minimum absolute atomic E-state index is 0.0619. The van der Waals surface area contributed by atoms with Crippen molar-refractivity contribution in [2.45, 2.75) is 30.6 Å². The van der Waals surface area contributed by atoms with Gasteiger partial charge in [0.2, 0.25) is 10.0 Å². The van der Waals surface area contributed by atoms with E-state index in [2.05, 4.69) is 10.2 Å². The molecule has 2 heterocycles. The fraction of sp³-hybridized carbons (Fsp3) is 0.458. The first-order valence-electron chi connectivity index (χ1n) is 11.4. The molecule has 0 aromatic heterocycles. The van der Waals surface area contributed by atoms with E-state index in [1.165, 1.54) is 55.3 Å². The van der Waals surface area contributed by atoms with Crippen molar-refractivity contribution in [2.24, 2.45) is 0 Å². The highest BCUT2D eigenvalue weighted by molar-refractivity contribution is 7.89. The Morgan fingerprint density at radius 2 is 1.61 bits per heavy atom. The second-order valence-electron chi connectivity index (χ2n) is 8.28. The van der Waals surface area contributed by atoms with Gasteiger partial charge in [-0.25, -0.2) is 8.42 Å². The maximum atomic E-state index is 13.1. The van der Waals surface area contributed by atoms with E-state index < -0.39 is 15.9 Å². The summed E-state index contributed by atoms with van der Waals surface area (Å²) in [6.07, 6.45) is 4.93. The smallest absolute Gasteiger partial charge is 0.259 e. The third-order valence-corrected chi connectivity index (χ3v) is 8.01. The number of morpholine rings is 1. The Morgan fingerprint density at radius 1 is 0.939 bits per heavy atom. The number of anilines is 2. The van der Waals surface area contributed by atoms with Gasteiger partial charge in [0.15, 0.2) is 0 Å². The highest BCUT2D eigenvalue weighted by atomic mass is 32.2. The standard InChI is InChI=1S/C24H31N3O5S/c1-31-23-11-10-21(33(29,30)27-14-16-32-17-15-27)18-22(23)24(28)25-19-6-8-20(9-7-19)26-12-4-2-3-5-13-26/h6-11,18H,2-5,12-17H2,1H3,(H,25,28). The van der Waals surface area contributed by atoms with Gasteiger partial charge >= 0.3 is 0 Å². The van der Waals surface area contributed by atoms with Gasteiger partial charge in [0, 0.05) is 37.6 Å². The van der Waals surface area contributed by atoms with Gasteiger partial charge in [0.1, 0.15) is 5.75 Å². The van der Waals surface area contributed by atoms with Gasteiger partial charge in [-0.05, 0) is 55.3 Å². The Balaban J connectivity index is 1.52. The average Bonchev–Trinajstić information content (AvgIpc) is 3.14. The average molecular weight is 474 g/mol. The van der Waals surface area contributed by atoms with E-state index in [4.69, 9.17) is 9.47 Å². The Hall–Kier alpha value is -2.62. The minimum Gasteiger partial charge on any atom is -0.496 e. The number of carbonyl (C=O) groups is 1. The van der Waals surface area contributed by atoms with Gasteiger partial charge in [-0.1, -0.05) is 12.8 Å². The van der Waals surface area contributed by atoms with E-state index in [0.717, 1.165) is 18.8 Å². The second-order valence-corrected chi connectivity index (χ2v) is 10.2. The van der Waals surface area contributed by atoms with Crippen LogP contribution in [0.2, 0.25) is 0 Å². The molecule has 2 aliphatic heterocycles. The van der Waals surface area contributed by atoms with Crippen molar-refractivity contribution in [3.05, 3.63) is 48.0 Å². The number of rotatable bonds is 6. The van der Waals surface area contributed by atoms with Crippen molar-refractivity contribution in [1.82, 2.24) is 4.31 Å². The normalized spacial score (nSPS) is 17.9. The van der Waals surface area contributed by atoms with Crippen LogP contribution in [0.25, 0.3) is 0 Å². The first kappa shape index (κ1) is 23.5. The molecule has 2 aromatic rings. The van der Waals surface area contributed by atoms with Crippen LogP contribution in [0.1, 0.15) is 36.0 Å². The zero-order chi connectivity index (χ0) is 23.3. The third kappa shape index (κ3) is 5.48. The summed E-state index contributed by atoms with van der Waals surface area (Å²) in [4.78, 5) is 15.5. The van der Waals surface area contributed by atoms with Gasteiger partial charge in [-0.3, -0.25) is 4.79 Å². The number of sulfonamides is 1. The van der Waals surface area contributed by atoms with Crippen LogP contribution in [0, 0.1) is 0 Å². The first-order valence-corrected chi connectivity index (χ1v) is 12.9. The van der Waals surface area contributed by atoms with E-state index >= 15 is 0 Å². The summed E-state index contributed by atoms with van der Waals surface area (Å²) in [6.45, 7) is 3.39. The lowest BCUT2D eigenvalue weighted by Crippen LogP contribution is -2.40. The molecule has 0 bridgehead atoms. The largest absolute Gasteiger partial charge is 0.496 e. The number of amides is 1. The van der Waals surface area contributed by atoms with Crippen LogP contribution in [-0.4, -0.2) is 65.1 Å². The molecule has 9 heteroatoms. The molecule has 178 valence electrons. The van der Waals surface area contributed by atoms with Crippen molar-refractivity contribution in [1.29, 1.82) is 0 Å². The van der Waals surface area contributed by atoms with E-state index in [1.807, 2.05) is 24.3 Å². The highest BCUT2D eigenvalue weighted by Gasteiger charge is 2.28. The van der Waals surface area contributed by atoms with Gasteiger partial charge in [-0.15, -0.1) is 0 Å². The molecule has 0 atom stereocenters. The van der Waals surface area contributed by atoms with Crippen LogP contribution in [-0.2, 0) is 14.8 Å². The molecule has 0 radical (unpaired) electrons. The summed E-state index contributed by atoms with van der Waals surface area (Å²) in [5.74, 6) is -0.108. The van der Waals surface area contributed by atoms with Crippen molar-refractivity contribution in [2.75, 3.05) is 56.7 Å². The lowest BCUT2D eigenvalue weighted by atomic mass is 10.1. The molecule has 2 aliphatic rings. The fourth-order valence-corrected chi connectivity index (χ4v) is 5.68. The van der Waals surface area contributed by atoms with Crippen molar-refractivity contribution in [3.63, 3.8) is 0 Å². The molecule has 0 saturated carbocycles. The zero-order valence-electron chi connectivity index (χ0n) is 19.0. The lowest BCUT2D eigenvalue weighted by Gasteiger charge is -2.26. The Labute approximate surface area is 195 Å². The van der Waals surface area contributed by atoms with Crippen molar-refractivity contribution in [3.8, 4) is 5.75 Å². The number of ether oxygens (including phenoxy) is 2. The summed E-state index contributed by atoms with van der Waals surface area (Å²) < 4.78 is 38.0. The third-order valence-electron chi connectivity index (χ3n) is 6.12. The molecule has 33 heavy (non-hydrogen) atoms.